The maximum Gasteiger partial charge on any atom is 0.326 e. The maximum absolute atomic E-state index is 11.9. The van der Waals surface area contributed by atoms with E-state index in [4.69, 9.17) is 14.6 Å². The average Bonchev–Trinajstić information content (AvgIpc) is 2.50. The summed E-state index contributed by atoms with van der Waals surface area (Å²) in [6.07, 6.45) is 3.82. The van der Waals surface area contributed by atoms with Gasteiger partial charge in [0.15, 0.2) is 18.1 Å². The quantitative estimate of drug-likeness (QED) is 0.767. The summed E-state index contributed by atoms with van der Waals surface area (Å²) in [5.41, 5.74) is 0.951. The monoisotopic (exact) mass is 321 g/mol. The molecule has 1 unspecified atom stereocenters. The Morgan fingerprint density at radius 1 is 1.30 bits per heavy atom. The second-order valence-electron chi connectivity index (χ2n) is 5.33. The second-order valence-corrected chi connectivity index (χ2v) is 5.33. The number of aliphatic carboxylic acids is 1. The molecule has 6 heteroatoms. The number of nitrogens with one attached hydrogen (secondary N) is 1. The van der Waals surface area contributed by atoms with Crippen molar-refractivity contribution in [3.05, 3.63) is 29.8 Å². The molecular formula is C17H23NO5. The molecule has 0 aromatic heterocycles. The Labute approximate surface area is 136 Å². The van der Waals surface area contributed by atoms with Gasteiger partial charge in [-0.15, -0.1) is 0 Å². The molecule has 0 aliphatic heterocycles. The minimum absolute atomic E-state index is 0.217. The molecule has 0 radical (unpaired) electrons. The number of rotatable bonds is 8. The Kier molecular flexibility index (Phi) is 7.12. The molecule has 0 heterocycles. The highest BCUT2D eigenvalue weighted by atomic mass is 16.5. The topological polar surface area (TPSA) is 84.9 Å². The molecule has 0 fully saturated rings. The van der Waals surface area contributed by atoms with Gasteiger partial charge in [0.2, 0.25) is 0 Å². The highest BCUT2D eigenvalue weighted by Crippen LogP contribution is 2.28. The number of carbonyl (C=O) groups is 2. The largest absolute Gasteiger partial charge is 0.493 e. The van der Waals surface area contributed by atoms with Gasteiger partial charge in [-0.2, -0.15) is 0 Å². The predicted octanol–water partition coefficient (Wildman–Crippen LogP) is 2.33. The van der Waals surface area contributed by atoms with Crippen molar-refractivity contribution in [3.8, 4) is 11.5 Å². The summed E-state index contributed by atoms with van der Waals surface area (Å²) in [5, 5.41) is 11.5. The van der Waals surface area contributed by atoms with E-state index in [1.54, 1.807) is 26.0 Å². The normalized spacial score (nSPS) is 12.2. The number of carbonyl (C=O) groups excluding carboxylic acids is 1. The number of amides is 1. The summed E-state index contributed by atoms with van der Waals surface area (Å²) < 4.78 is 10.7. The number of benzene rings is 1. The van der Waals surface area contributed by atoms with E-state index in [0.717, 1.165) is 5.56 Å². The minimum Gasteiger partial charge on any atom is -0.493 e. The summed E-state index contributed by atoms with van der Waals surface area (Å²) in [4.78, 5) is 22.9. The lowest BCUT2D eigenvalue weighted by molar-refractivity contribution is -0.143. The van der Waals surface area contributed by atoms with Crippen molar-refractivity contribution < 1.29 is 24.2 Å². The first-order valence-electron chi connectivity index (χ1n) is 7.34. The van der Waals surface area contributed by atoms with Gasteiger partial charge >= 0.3 is 5.97 Å². The zero-order chi connectivity index (χ0) is 17.4. The van der Waals surface area contributed by atoms with Gasteiger partial charge in [-0.05, 0) is 30.5 Å². The Balaban J connectivity index is 2.70. The third kappa shape index (κ3) is 5.65. The lowest BCUT2D eigenvalue weighted by Gasteiger charge is -2.18. The standard InChI is InChI=1S/C17H23NO5/c1-5-6-12-7-8-13(14(9-12)22-4)23-10-15(19)18-16(11(2)3)17(20)21/h5-9,11,16H,10H2,1-4H3,(H,18,19)(H,20,21)/b6-5+. The molecule has 1 aromatic carbocycles. The fourth-order valence-corrected chi connectivity index (χ4v) is 1.97. The van der Waals surface area contributed by atoms with E-state index in [-0.39, 0.29) is 12.5 Å². The van der Waals surface area contributed by atoms with Gasteiger partial charge in [0.1, 0.15) is 6.04 Å². The molecule has 0 aliphatic carbocycles. The van der Waals surface area contributed by atoms with Crippen molar-refractivity contribution in [2.75, 3.05) is 13.7 Å². The van der Waals surface area contributed by atoms with Gasteiger partial charge in [0.05, 0.1) is 7.11 Å². The van der Waals surface area contributed by atoms with Crippen LogP contribution in [-0.2, 0) is 9.59 Å². The lowest BCUT2D eigenvalue weighted by atomic mass is 10.1. The van der Waals surface area contributed by atoms with Crippen LogP contribution in [0.1, 0.15) is 26.3 Å². The van der Waals surface area contributed by atoms with Crippen LogP contribution in [0.25, 0.3) is 6.08 Å². The fraction of sp³-hybridized carbons (Fsp3) is 0.412. The van der Waals surface area contributed by atoms with E-state index in [9.17, 15) is 9.59 Å². The minimum atomic E-state index is -1.07. The summed E-state index contributed by atoms with van der Waals surface area (Å²) in [5.74, 6) is -0.849. The average molecular weight is 321 g/mol. The molecule has 6 nitrogen and oxygen atoms in total. The number of carboxylic acids is 1. The number of ether oxygens (including phenoxy) is 2. The van der Waals surface area contributed by atoms with Crippen molar-refractivity contribution in [2.24, 2.45) is 5.92 Å². The third-order valence-corrected chi connectivity index (χ3v) is 3.15. The van der Waals surface area contributed by atoms with Gasteiger partial charge in [-0.1, -0.05) is 32.1 Å². The first kappa shape index (κ1) is 18.5. The molecular weight excluding hydrogens is 298 g/mol. The van der Waals surface area contributed by atoms with Crippen molar-refractivity contribution in [1.29, 1.82) is 0 Å². The second kappa shape index (κ2) is 8.82. The van der Waals surface area contributed by atoms with Crippen LogP contribution in [-0.4, -0.2) is 36.7 Å². The summed E-state index contributed by atoms with van der Waals surface area (Å²) in [6, 6.07) is 4.40. The van der Waals surface area contributed by atoms with Crippen LogP contribution in [0.4, 0.5) is 0 Å². The van der Waals surface area contributed by atoms with E-state index in [0.29, 0.717) is 11.5 Å². The molecule has 0 spiro atoms. The number of methoxy groups -OCH3 is 1. The van der Waals surface area contributed by atoms with E-state index >= 15 is 0 Å². The predicted molar refractivity (Wildman–Crippen MR) is 87.6 cm³/mol. The SMILES string of the molecule is C/C=C/c1ccc(OCC(=O)NC(C(=O)O)C(C)C)c(OC)c1. The van der Waals surface area contributed by atoms with Gasteiger partial charge < -0.3 is 19.9 Å². The maximum atomic E-state index is 11.9. The van der Waals surface area contributed by atoms with E-state index < -0.39 is 17.9 Å². The zero-order valence-electron chi connectivity index (χ0n) is 13.8. The summed E-state index contributed by atoms with van der Waals surface area (Å²) >= 11 is 0. The Morgan fingerprint density at radius 3 is 2.52 bits per heavy atom. The van der Waals surface area contributed by atoms with E-state index in [1.165, 1.54) is 7.11 Å². The number of allylic oxidation sites excluding steroid dienone is 1. The molecule has 0 aliphatic rings. The Morgan fingerprint density at radius 2 is 2.00 bits per heavy atom. The van der Waals surface area contributed by atoms with Crippen LogP contribution in [0, 0.1) is 5.92 Å². The molecule has 0 saturated heterocycles. The molecule has 1 rings (SSSR count). The summed E-state index contributed by atoms with van der Waals surface area (Å²) in [7, 11) is 1.51. The fourth-order valence-electron chi connectivity index (χ4n) is 1.97. The molecule has 1 atom stereocenters. The highest BCUT2D eigenvalue weighted by molar-refractivity contribution is 5.84. The van der Waals surface area contributed by atoms with Gasteiger partial charge in [-0.3, -0.25) is 4.79 Å². The number of carboxylic acid groups (broad SMARTS) is 1. The number of hydrogen-bond acceptors (Lipinski definition) is 4. The Hall–Kier alpha value is -2.50. The molecule has 0 bridgehead atoms. The van der Waals surface area contributed by atoms with Crippen LogP contribution < -0.4 is 14.8 Å². The van der Waals surface area contributed by atoms with Crippen molar-refractivity contribution >= 4 is 18.0 Å². The smallest absolute Gasteiger partial charge is 0.326 e. The van der Waals surface area contributed by atoms with Crippen molar-refractivity contribution in [3.63, 3.8) is 0 Å². The molecule has 1 aromatic rings. The highest BCUT2D eigenvalue weighted by Gasteiger charge is 2.23. The molecule has 126 valence electrons. The van der Waals surface area contributed by atoms with Gasteiger partial charge in [0.25, 0.3) is 5.91 Å². The first-order valence-corrected chi connectivity index (χ1v) is 7.34. The van der Waals surface area contributed by atoms with Crippen LogP contribution in [0.2, 0.25) is 0 Å². The van der Waals surface area contributed by atoms with Crippen LogP contribution in [0.15, 0.2) is 24.3 Å². The Bertz CT molecular complexity index is 580. The number of hydrogen-bond donors (Lipinski definition) is 2. The van der Waals surface area contributed by atoms with Crippen LogP contribution in [0.3, 0.4) is 0 Å². The molecule has 2 N–H and O–H groups in total. The van der Waals surface area contributed by atoms with Gasteiger partial charge in [-0.25, -0.2) is 4.79 Å². The molecule has 1 amide bonds. The van der Waals surface area contributed by atoms with Crippen LogP contribution >= 0.6 is 0 Å². The van der Waals surface area contributed by atoms with Crippen LogP contribution in [0.5, 0.6) is 11.5 Å². The summed E-state index contributed by atoms with van der Waals surface area (Å²) in [6.45, 7) is 5.08. The van der Waals surface area contributed by atoms with Gasteiger partial charge in [0, 0.05) is 0 Å². The zero-order valence-corrected chi connectivity index (χ0v) is 13.8. The lowest BCUT2D eigenvalue weighted by Crippen LogP contribution is -2.46. The molecule has 0 saturated carbocycles. The molecule has 23 heavy (non-hydrogen) atoms. The first-order chi connectivity index (χ1) is 10.9. The van der Waals surface area contributed by atoms with E-state index in [1.807, 2.05) is 25.1 Å². The van der Waals surface area contributed by atoms with Crippen molar-refractivity contribution in [2.45, 2.75) is 26.8 Å². The van der Waals surface area contributed by atoms with E-state index in [2.05, 4.69) is 5.32 Å². The van der Waals surface area contributed by atoms with Crippen molar-refractivity contribution in [1.82, 2.24) is 5.32 Å². The third-order valence-electron chi connectivity index (χ3n) is 3.15.